The summed E-state index contributed by atoms with van der Waals surface area (Å²) in [4.78, 5) is 10.8. The average Bonchev–Trinajstić information content (AvgIpc) is 2.39. The molecule has 0 spiro atoms. The molecular weight excluding hydrogens is 216 g/mol. The quantitative estimate of drug-likeness (QED) is 0.874. The molecule has 0 saturated carbocycles. The van der Waals surface area contributed by atoms with Gasteiger partial charge in [-0.2, -0.15) is 0 Å². The zero-order valence-corrected chi connectivity index (χ0v) is 10.1. The largest absolute Gasteiger partial charge is 0.478 e. The molecule has 1 saturated heterocycles. The zero-order valence-electron chi connectivity index (χ0n) is 10.1. The van der Waals surface area contributed by atoms with Crippen LogP contribution in [0.3, 0.4) is 0 Å². The number of hydrogen-bond donors (Lipinski definition) is 1. The molecule has 3 nitrogen and oxygen atoms in total. The van der Waals surface area contributed by atoms with E-state index in [1.54, 1.807) is 12.1 Å². The second-order valence-electron chi connectivity index (χ2n) is 4.69. The highest BCUT2D eigenvalue weighted by Gasteiger charge is 2.21. The SMILES string of the molecule is CC(c1ccc(C(=O)O)cc1)C1CCCOC1. The van der Waals surface area contributed by atoms with E-state index in [1.807, 2.05) is 12.1 Å². The number of hydrogen-bond acceptors (Lipinski definition) is 2. The van der Waals surface area contributed by atoms with Crippen molar-refractivity contribution in [3.63, 3.8) is 0 Å². The molecular formula is C14H18O3. The Morgan fingerprint density at radius 2 is 2.12 bits per heavy atom. The molecule has 1 fully saturated rings. The van der Waals surface area contributed by atoms with Crippen LogP contribution >= 0.6 is 0 Å². The van der Waals surface area contributed by atoms with Crippen molar-refractivity contribution in [1.82, 2.24) is 0 Å². The molecule has 1 aliphatic heterocycles. The summed E-state index contributed by atoms with van der Waals surface area (Å²) in [5.74, 6) is 0.114. The van der Waals surface area contributed by atoms with Crippen LogP contribution in [0.15, 0.2) is 24.3 Å². The Kier molecular flexibility index (Phi) is 3.79. The van der Waals surface area contributed by atoms with E-state index in [0.717, 1.165) is 19.6 Å². The Labute approximate surface area is 101 Å². The van der Waals surface area contributed by atoms with Gasteiger partial charge >= 0.3 is 5.97 Å². The molecule has 0 amide bonds. The van der Waals surface area contributed by atoms with E-state index in [4.69, 9.17) is 9.84 Å². The van der Waals surface area contributed by atoms with Crippen LogP contribution in [0.2, 0.25) is 0 Å². The maximum atomic E-state index is 10.8. The van der Waals surface area contributed by atoms with Crippen molar-refractivity contribution >= 4 is 5.97 Å². The molecule has 1 aliphatic rings. The number of carbonyl (C=O) groups is 1. The highest BCUT2D eigenvalue weighted by atomic mass is 16.5. The number of carboxylic acids is 1. The first kappa shape index (κ1) is 12.1. The highest BCUT2D eigenvalue weighted by molar-refractivity contribution is 5.87. The lowest BCUT2D eigenvalue weighted by atomic mass is 9.84. The molecule has 1 aromatic carbocycles. The Morgan fingerprint density at radius 3 is 2.65 bits per heavy atom. The lowest BCUT2D eigenvalue weighted by Gasteiger charge is -2.28. The van der Waals surface area contributed by atoms with Gasteiger partial charge < -0.3 is 9.84 Å². The van der Waals surface area contributed by atoms with Crippen molar-refractivity contribution in [3.05, 3.63) is 35.4 Å². The zero-order chi connectivity index (χ0) is 12.3. The maximum absolute atomic E-state index is 10.8. The van der Waals surface area contributed by atoms with Gasteiger partial charge in [0.05, 0.1) is 5.56 Å². The minimum Gasteiger partial charge on any atom is -0.478 e. The third kappa shape index (κ3) is 2.86. The van der Waals surface area contributed by atoms with E-state index >= 15 is 0 Å². The van der Waals surface area contributed by atoms with Gasteiger partial charge in [0.25, 0.3) is 0 Å². The first-order chi connectivity index (χ1) is 8.18. The molecule has 17 heavy (non-hydrogen) atoms. The minimum absolute atomic E-state index is 0.348. The number of aromatic carboxylic acids is 1. The van der Waals surface area contributed by atoms with E-state index in [9.17, 15) is 4.79 Å². The van der Waals surface area contributed by atoms with Crippen molar-refractivity contribution in [1.29, 1.82) is 0 Å². The van der Waals surface area contributed by atoms with Crippen LogP contribution in [0.1, 0.15) is 41.6 Å². The Morgan fingerprint density at radius 1 is 1.41 bits per heavy atom. The number of carboxylic acid groups (broad SMARTS) is 1. The van der Waals surface area contributed by atoms with E-state index < -0.39 is 5.97 Å². The van der Waals surface area contributed by atoms with Crippen LogP contribution in [0, 0.1) is 5.92 Å². The molecule has 3 heteroatoms. The normalized spacial score (nSPS) is 22.1. The third-order valence-electron chi connectivity index (χ3n) is 3.59. The summed E-state index contributed by atoms with van der Waals surface area (Å²) in [7, 11) is 0. The molecule has 1 heterocycles. The van der Waals surface area contributed by atoms with Crippen molar-refractivity contribution in [3.8, 4) is 0 Å². The predicted octanol–water partition coefficient (Wildman–Crippen LogP) is 2.91. The van der Waals surface area contributed by atoms with Crippen LogP contribution < -0.4 is 0 Å². The summed E-state index contributed by atoms with van der Waals surface area (Å²) in [6.07, 6.45) is 2.32. The average molecular weight is 234 g/mol. The summed E-state index contributed by atoms with van der Waals surface area (Å²) in [6.45, 7) is 3.89. The second kappa shape index (κ2) is 5.32. The molecule has 2 rings (SSSR count). The smallest absolute Gasteiger partial charge is 0.335 e. The minimum atomic E-state index is -0.870. The highest BCUT2D eigenvalue weighted by Crippen LogP contribution is 2.30. The summed E-state index contributed by atoms with van der Waals surface area (Å²) in [5.41, 5.74) is 1.55. The van der Waals surface area contributed by atoms with Crippen LogP contribution in [0.4, 0.5) is 0 Å². The number of ether oxygens (including phenoxy) is 1. The van der Waals surface area contributed by atoms with Gasteiger partial charge in [0, 0.05) is 13.2 Å². The van der Waals surface area contributed by atoms with Crippen LogP contribution in [-0.4, -0.2) is 24.3 Å². The summed E-state index contributed by atoms with van der Waals surface area (Å²) >= 11 is 0. The summed E-state index contributed by atoms with van der Waals surface area (Å²) in [5, 5.41) is 8.84. The molecule has 1 N–H and O–H groups in total. The van der Waals surface area contributed by atoms with Gasteiger partial charge in [0.15, 0.2) is 0 Å². The lowest BCUT2D eigenvalue weighted by molar-refractivity contribution is 0.0463. The molecule has 1 aromatic rings. The van der Waals surface area contributed by atoms with Crippen LogP contribution in [0.5, 0.6) is 0 Å². The molecule has 2 atom stereocenters. The van der Waals surface area contributed by atoms with Gasteiger partial charge in [-0.3, -0.25) is 0 Å². The summed E-state index contributed by atoms with van der Waals surface area (Å²) < 4.78 is 5.49. The van der Waals surface area contributed by atoms with E-state index in [-0.39, 0.29) is 0 Å². The molecule has 0 aliphatic carbocycles. The van der Waals surface area contributed by atoms with Gasteiger partial charge in [0.2, 0.25) is 0 Å². The van der Waals surface area contributed by atoms with Crippen molar-refractivity contribution in [2.45, 2.75) is 25.7 Å². The van der Waals surface area contributed by atoms with Crippen molar-refractivity contribution in [2.75, 3.05) is 13.2 Å². The molecule has 0 bridgehead atoms. The first-order valence-corrected chi connectivity index (χ1v) is 6.09. The van der Waals surface area contributed by atoms with Gasteiger partial charge in [-0.05, 0) is 42.4 Å². The van der Waals surface area contributed by atoms with Crippen LogP contribution in [0.25, 0.3) is 0 Å². The summed E-state index contributed by atoms with van der Waals surface area (Å²) in [6, 6.07) is 7.20. The van der Waals surface area contributed by atoms with Crippen molar-refractivity contribution < 1.29 is 14.6 Å². The Balaban J connectivity index is 2.07. The fourth-order valence-electron chi connectivity index (χ4n) is 2.36. The molecule has 0 aromatic heterocycles. The van der Waals surface area contributed by atoms with E-state index in [0.29, 0.717) is 17.4 Å². The molecule has 92 valence electrons. The Bertz CT molecular complexity index is 377. The van der Waals surface area contributed by atoms with Gasteiger partial charge in [-0.1, -0.05) is 19.1 Å². The first-order valence-electron chi connectivity index (χ1n) is 6.09. The second-order valence-corrected chi connectivity index (χ2v) is 4.69. The fourth-order valence-corrected chi connectivity index (χ4v) is 2.36. The van der Waals surface area contributed by atoms with Crippen LogP contribution in [-0.2, 0) is 4.74 Å². The van der Waals surface area contributed by atoms with Gasteiger partial charge in [0.1, 0.15) is 0 Å². The number of rotatable bonds is 3. The van der Waals surface area contributed by atoms with Crippen molar-refractivity contribution in [2.24, 2.45) is 5.92 Å². The molecule has 0 radical (unpaired) electrons. The van der Waals surface area contributed by atoms with E-state index in [1.165, 1.54) is 12.0 Å². The van der Waals surface area contributed by atoms with Gasteiger partial charge in [-0.15, -0.1) is 0 Å². The molecule has 2 unspecified atom stereocenters. The van der Waals surface area contributed by atoms with E-state index in [2.05, 4.69) is 6.92 Å². The Hall–Kier alpha value is -1.35. The third-order valence-corrected chi connectivity index (χ3v) is 3.59. The maximum Gasteiger partial charge on any atom is 0.335 e. The standard InChI is InChI=1S/C14H18O3/c1-10(13-3-2-8-17-9-13)11-4-6-12(7-5-11)14(15)16/h4-7,10,13H,2-3,8-9H2,1H3,(H,15,16). The fraction of sp³-hybridized carbons (Fsp3) is 0.500. The number of benzene rings is 1. The predicted molar refractivity (Wildman–Crippen MR) is 65.4 cm³/mol. The topological polar surface area (TPSA) is 46.5 Å². The lowest BCUT2D eigenvalue weighted by Crippen LogP contribution is -2.22. The monoisotopic (exact) mass is 234 g/mol. The van der Waals surface area contributed by atoms with Gasteiger partial charge in [-0.25, -0.2) is 4.79 Å².